The molecule has 4 aliphatic rings. The van der Waals surface area contributed by atoms with Gasteiger partial charge in [0.1, 0.15) is 54.6 Å². The lowest BCUT2D eigenvalue weighted by molar-refractivity contribution is -0.118. The minimum absolute atomic E-state index is 0.0233. The van der Waals surface area contributed by atoms with Gasteiger partial charge in [0.15, 0.2) is 29.8 Å². The number of carbonyl (C=O) groups is 1. The highest BCUT2D eigenvalue weighted by Crippen LogP contribution is 2.54. The van der Waals surface area contributed by atoms with E-state index in [2.05, 4.69) is 19.9 Å². The van der Waals surface area contributed by atoms with Crippen LogP contribution in [0.25, 0.3) is 22.2 Å². The topological polar surface area (TPSA) is 269 Å². The standard InChI is InChI=1S/C31H39FN8O13P2S/c32-22-25-20(51-30(22)39-10-16-3-1-2-4-18-21(16)27(39)35-13-34-18)12-48-54(44,45)52-26-24(42)19(11-49-55(46,56)53-25)50-31(26)40-15-36-23-28(40)37-14-38(29(23)43)6-8-47-7-5-17(41)9-33/h10,13-15,19-20,22,24-26,30-31,42H,1-9,11-12,33H2,(H,44,45)(H,46,56)/t19-,20-,22-,24-,25-,26-,30-,31-,55?/m1/s1. The Hall–Kier alpha value is -2.99. The van der Waals surface area contributed by atoms with Gasteiger partial charge in [0.05, 0.1) is 51.5 Å². The zero-order valence-corrected chi connectivity index (χ0v) is 32.1. The highest BCUT2D eigenvalue weighted by atomic mass is 32.5. The van der Waals surface area contributed by atoms with Crippen LogP contribution in [0.1, 0.15) is 43.0 Å². The number of alkyl halides is 1. The summed E-state index contributed by atoms with van der Waals surface area (Å²) in [5, 5.41) is 12.1. The number of aliphatic hydroxyl groups is 1. The number of aliphatic hydroxyl groups excluding tert-OH is 1. The van der Waals surface area contributed by atoms with Gasteiger partial charge in [-0.25, -0.2) is 28.9 Å². The number of aromatic nitrogens is 7. The number of fused-ring (bicyclic) bond motifs is 4. The summed E-state index contributed by atoms with van der Waals surface area (Å²) in [6.45, 7) is -5.52. The second-order valence-electron chi connectivity index (χ2n) is 13.7. The molecule has 56 heavy (non-hydrogen) atoms. The number of ether oxygens (including phenoxy) is 3. The number of ketones is 1. The highest BCUT2D eigenvalue weighted by molar-refractivity contribution is 8.07. The Morgan fingerprint density at radius 3 is 2.59 bits per heavy atom. The molecule has 0 aromatic carbocycles. The molecule has 2 unspecified atom stereocenters. The molecular weight excluding hydrogens is 805 g/mol. The number of phosphoric acid groups is 1. The molecule has 0 spiro atoms. The van der Waals surface area contributed by atoms with Crippen LogP contribution >= 0.6 is 14.5 Å². The lowest BCUT2D eigenvalue weighted by atomic mass is 10.1. The van der Waals surface area contributed by atoms with Crippen LogP contribution in [0.15, 0.2) is 30.0 Å². The van der Waals surface area contributed by atoms with Crippen molar-refractivity contribution >= 4 is 54.3 Å². The van der Waals surface area contributed by atoms with Crippen LogP contribution in [0.3, 0.4) is 0 Å². The van der Waals surface area contributed by atoms with Gasteiger partial charge >= 0.3 is 14.5 Å². The number of rotatable bonds is 9. The summed E-state index contributed by atoms with van der Waals surface area (Å²) in [4.78, 5) is 64.1. The maximum Gasteiger partial charge on any atom is 0.472 e. The molecule has 0 amide bonds. The zero-order chi connectivity index (χ0) is 39.4. The number of halogens is 1. The van der Waals surface area contributed by atoms with Crippen LogP contribution in [0.5, 0.6) is 0 Å². The number of phosphoric ester groups is 1. The summed E-state index contributed by atoms with van der Waals surface area (Å²) in [5.41, 5.74) is 6.79. The Balaban J connectivity index is 1.03. The molecule has 3 fully saturated rings. The lowest BCUT2D eigenvalue weighted by Gasteiger charge is -2.26. The number of Topliss-reactive ketones (excluding diaryl/α,β-unsaturated/α-hetero) is 1. The van der Waals surface area contributed by atoms with Gasteiger partial charge in [-0.3, -0.25) is 32.3 Å². The van der Waals surface area contributed by atoms with E-state index in [-0.39, 0.29) is 49.7 Å². The van der Waals surface area contributed by atoms with Gasteiger partial charge in [-0.1, -0.05) is 0 Å². The van der Waals surface area contributed by atoms with Crippen LogP contribution in [0, 0.1) is 0 Å². The molecule has 304 valence electrons. The molecule has 8 rings (SSSR count). The van der Waals surface area contributed by atoms with Crippen LogP contribution < -0.4 is 11.3 Å². The van der Waals surface area contributed by atoms with Crippen molar-refractivity contribution in [1.29, 1.82) is 0 Å². The Labute approximate surface area is 321 Å². The van der Waals surface area contributed by atoms with E-state index in [9.17, 15) is 29.0 Å². The van der Waals surface area contributed by atoms with Crippen LogP contribution in [0.4, 0.5) is 4.39 Å². The normalized spacial score (nSPS) is 33.8. The molecular formula is C31H39FN8O13P2S. The third-order valence-corrected chi connectivity index (χ3v) is 12.6. The first-order valence-electron chi connectivity index (χ1n) is 17.8. The molecule has 7 heterocycles. The van der Waals surface area contributed by atoms with Gasteiger partial charge in [-0.15, -0.1) is 0 Å². The first-order chi connectivity index (χ1) is 26.8. The van der Waals surface area contributed by atoms with E-state index >= 15 is 4.39 Å². The van der Waals surface area contributed by atoms with E-state index in [0.717, 1.165) is 35.9 Å². The summed E-state index contributed by atoms with van der Waals surface area (Å²) < 4.78 is 73.5. The fourth-order valence-corrected chi connectivity index (χ4v) is 9.70. The van der Waals surface area contributed by atoms with Crippen LogP contribution in [-0.2, 0) is 72.9 Å². The van der Waals surface area contributed by atoms with Crippen molar-refractivity contribution < 1.29 is 60.9 Å². The average Bonchev–Trinajstić information content (AvgIpc) is 3.88. The SMILES string of the molecule is NCC(=O)CCOCCn1cnc2c(ncn2[C@@H]2O[C@@H]3COP(O)(=S)O[C@H]4[C@@H](F)[C@H](n5cc6c7c(ncnc75)CCCC6)O[C@@H]4COP(=O)(O)O[C@@H]2[C@@H]3O)c1=O. The second-order valence-corrected chi connectivity index (χ2v) is 17.9. The Kier molecular flexibility index (Phi) is 11.4. The summed E-state index contributed by atoms with van der Waals surface area (Å²) in [6, 6.07) is 0. The number of aryl methyl sites for hydroxylation is 2. The second kappa shape index (κ2) is 16.0. The summed E-state index contributed by atoms with van der Waals surface area (Å²) in [5.74, 6) is -0.163. The number of carbonyl (C=O) groups excluding carboxylic acids is 1. The number of hydrogen-bond donors (Lipinski definition) is 4. The monoisotopic (exact) mass is 844 g/mol. The largest absolute Gasteiger partial charge is 0.472 e. The molecule has 5 N–H and O–H groups in total. The molecule has 21 nitrogen and oxygen atoms in total. The van der Waals surface area contributed by atoms with Gasteiger partial charge in [-0.2, -0.15) is 0 Å². The number of nitrogens with two attached hydrogens (primary N) is 1. The van der Waals surface area contributed by atoms with Gasteiger partial charge in [0.2, 0.25) is 0 Å². The molecule has 1 aliphatic carbocycles. The Morgan fingerprint density at radius 1 is 0.982 bits per heavy atom. The average molecular weight is 845 g/mol. The minimum atomic E-state index is -5.12. The van der Waals surface area contributed by atoms with Crippen LogP contribution in [-0.4, -0.2) is 124 Å². The number of hydrogen-bond acceptors (Lipinski definition) is 17. The molecule has 4 aromatic heterocycles. The minimum Gasteiger partial charge on any atom is -0.387 e. The smallest absolute Gasteiger partial charge is 0.387 e. The summed E-state index contributed by atoms with van der Waals surface area (Å²) >= 11 is 5.26. The maximum atomic E-state index is 16.5. The molecule has 0 radical (unpaired) electrons. The number of imidazole rings is 1. The van der Waals surface area contributed by atoms with Crippen molar-refractivity contribution in [3.8, 4) is 0 Å². The Morgan fingerprint density at radius 2 is 1.77 bits per heavy atom. The van der Waals surface area contributed by atoms with Crippen LogP contribution in [0.2, 0.25) is 0 Å². The molecule has 3 aliphatic heterocycles. The molecule has 25 heteroatoms. The maximum absolute atomic E-state index is 16.5. The van der Waals surface area contributed by atoms with E-state index in [4.69, 9.17) is 49.8 Å². The third-order valence-electron chi connectivity index (χ3n) is 10.1. The molecule has 4 aromatic rings. The van der Waals surface area contributed by atoms with E-state index in [1.54, 1.807) is 6.20 Å². The first kappa shape index (κ1) is 39.8. The highest BCUT2D eigenvalue weighted by Gasteiger charge is 2.54. The van der Waals surface area contributed by atoms with E-state index in [1.807, 2.05) is 0 Å². The molecule has 3 saturated heterocycles. The van der Waals surface area contributed by atoms with Crippen molar-refractivity contribution in [1.82, 2.24) is 33.6 Å². The quantitative estimate of drug-likeness (QED) is 0.132. The van der Waals surface area contributed by atoms with Gasteiger partial charge in [0, 0.05) is 18.0 Å². The third kappa shape index (κ3) is 7.79. The van der Waals surface area contributed by atoms with Crippen molar-refractivity contribution in [2.24, 2.45) is 5.73 Å². The molecule has 2 bridgehead atoms. The number of nitrogens with zero attached hydrogens (tertiary/aromatic N) is 7. The summed E-state index contributed by atoms with van der Waals surface area (Å²) in [6.07, 6.45) is -3.65. The fourth-order valence-electron chi connectivity index (χ4n) is 7.33. The van der Waals surface area contributed by atoms with Crippen molar-refractivity contribution in [3.63, 3.8) is 0 Å². The van der Waals surface area contributed by atoms with E-state index < -0.39 is 82.5 Å². The van der Waals surface area contributed by atoms with Crippen molar-refractivity contribution in [3.05, 3.63) is 46.8 Å². The molecule has 0 saturated carbocycles. The Bertz CT molecular complexity index is 2280. The van der Waals surface area contributed by atoms with Crippen molar-refractivity contribution in [2.75, 3.05) is 33.0 Å². The van der Waals surface area contributed by atoms with E-state index in [1.165, 1.54) is 32.7 Å². The fraction of sp³-hybridized carbons (Fsp3) is 0.613. The van der Waals surface area contributed by atoms with E-state index in [0.29, 0.717) is 12.1 Å². The zero-order valence-electron chi connectivity index (χ0n) is 29.5. The summed E-state index contributed by atoms with van der Waals surface area (Å²) in [7, 11) is -5.12. The lowest BCUT2D eigenvalue weighted by Crippen LogP contribution is -2.35. The van der Waals surface area contributed by atoms with Gasteiger partial charge < -0.3 is 43.9 Å². The molecule has 10 atom stereocenters. The van der Waals surface area contributed by atoms with Crippen molar-refractivity contribution in [2.45, 2.75) is 87.8 Å². The predicted octanol–water partition coefficient (Wildman–Crippen LogP) is 0.479. The van der Waals surface area contributed by atoms with Gasteiger partial charge in [-0.05, 0) is 43.1 Å². The van der Waals surface area contributed by atoms with Gasteiger partial charge in [0.25, 0.3) is 5.56 Å². The first-order valence-corrected chi connectivity index (χ1v) is 21.9. The predicted molar refractivity (Wildman–Crippen MR) is 192 cm³/mol.